The molecule has 110 valence electrons. The minimum Gasteiger partial charge on any atom is -0.353 e. The number of nitrogens with one attached hydrogen (secondary N) is 1. The van der Waals surface area contributed by atoms with E-state index in [-0.39, 0.29) is 23.8 Å². The first-order valence-electron chi connectivity index (χ1n) is 7.06. The van der Waals surface area contributed by atoms with Crippen LogP contribution in [0.15, 0.2) is 0 Å². The SMILES string of the molecule is CC(C)C(=O)NC1CCN(C(=O)CC(C)(C)N)CC1. The van der Waals surface area contributed by atoms with Gasteiger partial charge in [0.05, 0.1) is 0 Å². The van der Waals surface area contributed by atoms with Crippen molar-refractivity contribution in [3.05, 3.63) is 0 Å². The Bertz CT molecular complexity index is 326. The molecule has 2 amide bonds. The molecule has 1 saturated heterocycles. The first-order valence-corrected chi connectivity index (χ1v) is 7.06. The lowest BCUT2D eigenvalue weighted by atomic mass is 9.99. The van der Waals surface area contributed by atoms with Crippen molar-refractivity contribution < 1.29 is 9.59 Å². The first kappa shape index (κ1) is 16.0. The molecule has 5 nitrogen and oxygen atoms in total. The number of rotatable bonds is 4. The van der Waals surface area contributed by atoms with Crippen LogP contribution in [0.4, 0.5) is 0 Å². The maximum atomic E-state index is 12.0. The van der Waals surface area contributed by atoms with E-state index < -0.39 is 5.54 Å². The molecule has 1 fully saturated rings. The predicted octanol–water partition coefficient (Wildman–Crippen LogP) is 0.877. The molecule has 5 heteroatoms. The van der Waals surface area contributed by atoms with E-state index in [2.05, 4.69) is 5.32 Å². The topological polar surface area (TPSA) is 75.4 Å². The van der Waals surface area contributed by atoms with Crippen molar-refractivity contribution in [2.45, 2.75) is 58.5 Å². The zero-order valence-electron chi connectivity index (χ0n) is 12.5. The number of hydrogen-bond acceptors (Lipinski definition) is 3. The van der Waals surface area contributed by atoms with Crippen LogP contribution in [0.3, 0.4) is 0 Å². The summed E-state index contributed by atoms with van der Waals surface area (Å²) in [6.45, 7) is 8.91. The largest absolute Gasteiger partial charge is 0.353 e. The zero-order chi connectivity index (χ0) is 14.6. The highest BCUT2D eigenvalue weighted by Gasteiger charge is 2.26. The van der Waals surface area contributed by atoms with E-state index in [9.17, 15) is 9.59 Å². The highest BCUT2D eigenvalue weighted by atomic mass is 16.2. The second kappa shape index (κ2) is 6.37. The number of piperidine rings is 1. The van der Waals surface area contributed by atoms with Crippen LogP contribution in [0.2, 0.25) is 0 Å². The van der Waals surface area contributed by atoms with Crippen molar-refractivity contribution in [2.24, 2.45) is 11.7 Å². The highest BCUT2D eigenvalue weighted by Crippen LogP contribution is 2.14. The number of amides is 2. The Kier molecular flexibility index (Phi) is 5.35. The van der Waals surface area contributed by atoms with Crippen molar-refractivity contribution in [3.63, 3.8) is 0 Å². The molecule has 1 rings (SSSR count). The van der Waals surface area contributed by atoms with Crippen molar-refractivity contribution in [1.29, 1.82) is 0 Å². The minimum atomic E-state index is -0.459. The molecular weight excluding hydrogens is 242 g/mol. The molecule has 0 spiro atoms. The summed E-state index contributed by atoms with van der Waals surface area (Å²) in [7, 11) is 0. The Morgan fingerprint density at radius 1 is 1.32 bits per heavy atom. The third-order valence-electron chi connectivity index (χ3n) is 3.33. The fourth-order valence-corrected chi connectivity index (χ4v) is 2.14. The van der Waals surface area contributed by atoms with Crippen molar-refractivity contribution in [2.75, 3.05) is 13.1 Å². The summed E-state index contributed by atoms with van der Waals surface area (Å²) < 4.78 is 0. The van der Waals surface area contributed by atoms with Crippen LogP contribution in [0.5, 0.6) is 0 Å². The van der Waals surface area contributed by atoms with Gasteiger partial charge in [-0.25, -0.2) is 0 Å². The molecule has 3 N–H and O–H groups in total. The van der Waals surface area contributed by atoms with Gasteiger partial charge in [0.25, 0.3) is 0 Å². The Morgan fingerprint density at radius 3 is 2.26 bits per heavy atom. The number of nitrogens with zero attached hydrogens (tertiary/aromatic N) is 1. The third-order valence-corrected chi connectivity index (χ3v) is 3.33. The summed E-state index contributed by atoms with van der Waals surface area (Å²) in [6.07, 6.45) is 2.03. The quantitative estimate of drug-likeness (QED) is 0.795. The molecule has 0 aromatic heterocycles. The zero-order valence-corrected chi connectivity index (χ0v) is 12.5. The van der Waals surface area contributed by atoms with Gasteiger partial charge in [-0.15, -0.1) is 0 Å². The van der Waals surface area contributed by atoms with E-state index in [1.54, 1.807) is 0 Å². The number of likely N-dealkylation sites (tertiary alicyclic amines) is 1. The minimum absolute atomic E-state index is 0.0118. The smallest absolute Gasteiger partial charge is 0.224 e. The van der Waals surface area contributed by atoms with E-state index in [4.69, 9.17) is 5.73 Å². The van der Waals surface area contributed by atoms with Gasteiger partial charge in [-0.3, -0.25) is 9.59 Å². The third kappa shape index (κ3) is 5.59. The summed E-state index contributed by atoms with van der Waals surface area (Å²) in [5.74, 6) is 0.215. The number of carbonyl (C=O) groups excluding carboxylic acids is 2. The average Bonchev–Trinajstić information content (AvgIpc) is 2.27. The summed E-state index contributed by atoms with van der Waals surface area (Å²) in [5.41, 5.74) is 5.41. The van der Waals surface area contributed by atoms with Crippen LogP contribution in [0, 0.1) is 5.92 Å². The van der Waals surface area contributed by atoms with Gasteiger partial charge in [-0.1, -0.05) is 13.8 Å². The summed E-state index contributed by atoms with van der Waals surface area (Å²) in [4.78, 5) is 25.5. The maximum Gasteiger partial charge on any atom is 0.224 e. The molecule has 0 aliphatic carbocycles. The Hall–Kier alpha value is -1.10. The lowest BCUT2D eigenvalue weighted by Gasteiger charge is -2.34. The molecular formula is C14H27N3O2. The molecule has 0 atom stereocenters. The number of hydrogen-bond donors (Lipinski definition) is 2. The van der Waals surface area contributed by atoms with Crippen molar-refractivity contribution >= 4 is 11.8 Å². The average molecular weight is 269 g/mol. The van der Waals surface area contributed by atoms with E-state index in [0.717, 1.165) is 12.8 Å². The van der Waals surface area contributed by atoms with Crippen LogP contribution in [-0.4, -0.2) is 41.4 Å². The molecule has 0 aromatic rings. The number of carbonyl (C=O) groups is 2. The van der Waals surface area contributed by atoms with Crippen LogP contribution in [0.25, 0.3) is 0 Å². The normalized spacial score (nSPS) is 17.7. The molecule has 0 saturated carbocycles. The summed E-state index contributed by atoms with van der Waals surface area (Å²) >= 11 is 0. The molecule has 0 bridgehead atoms. The molecule has 0 radical (unpaired) electrons. The van der Waals surface area contributed by atoms with Gasteiger partial charge in [0.15, 0.2) is 0 Å². The van der Waals surface area contributed by atoms with E-state index in [1.165, 1.54) is 0 Å². The monoisotopic (exact) mass is 269 g/mol. The van der Waals surface area contributed by atoms with Crippen LogP contribution in [0.1, 0.15) is 47.0 Å². The van der Waals surface area contributed by atoms with Gasteiger partial charge in [0.2, 0.25) is 11.8 Å². The van der Waals surface area contributed by atoms with Gasteiger partial charge in [0.1, 0.15) is 0 Å². The van der Waals surface area contributed by atoms with Crippen LogP contribution >= 0.6 is 0 Å². The molecule has 1 heterocycles. The molecule has 1 aliphatic heterocycles. The molecule has 0 unspecified atom stereocenters. The van der Waals surface area contributed by atoms with Gasteiger partial charge in [-0.05, 0) is 26.7 Å². The van der Waals surface area contributed by atoms with Gasteiger partial charge in [-0.2, -0.15) is 0 Å². The molecule has 0 aromatic carbocycles. The lowest BCUT2D eigenvalue weighted by molar-refractivity contribution is -0.133. The Balaban J connectivity index is 2.37. The van der Waals surface area contributed by atoms with Gasteiger partial charge < -0.3 is 16.0 Å². The van der Waals surface area contributed by atoms with E-state index >= 15 is 0 Å². The fraction of sp³-hybridized carbons (Fsp3) is 0.857. The standard InChI is InChI=1S/C14H27N3O2/c1-10(2)13(19)16-11-5-7-17(8-6-11)12(18)9-14(3,4)15/h10-11H,5-9,15H2,1-4H3,(H,16,19). The Morgan fingerprint density at radius 2 is 1.84 bits per heavy atom. The second-order valence-electron chi connectivity index (χ2n) is 6.48. The summed E-state index contributed by atoms with van der Waals surface area (Å²) in [5, 5.41) is 3.02. The second-order valence-corrected chi connectivity index (χ2v) is 6.48. The fourth-order valence-electron chi connectivity index (χ4n) is 2.14. The van der Waals surface area contributed by atoms with Crippen LogP contribution in [-0.2, 0) is 9.59 Å². The Labute approximate surface area is 115 Å². The van der Waals surface area contributed by atoms with Crippen LogP contribution < -0.4 is 11.1 Å². The summed E-state index contributed by atoms with van der Waals surface area (Å²) in [6, 6.07) is 0.199. The highest BCUT2D eigenvalue weighted by molar-refractivity contribution is 5.78. The van der Waals surface area contributed by atoms with Crippen molar-refractivity contribution in [1.82, 2.24) is 10.2 Å². The van der Waals surface area contributed by atoms with E-state index in [0.29, 0.717) is 19.5 Å². The molecule has 1 aliphatic rings. The lowest BCUT2D eigenvalue weighted by Crippen LogP contribution is -2.49. The van der Waals surface area contributed by atoms with E-state index in [1.807, 2.05) is 32.6 Å². The van der Waals surface area contributed by atoms with Gasteiger partial charge in [0, 0.05) is 37.0 Å². The van der Waals surface area contributed by atoms with Crippen molar-refractivity contribution in [3.8, 4) is 0 Å². The number of nitrogens with two attached hydrogens (primary N) is 1. The first-order chi connectivity index (χ1) is 8.69. The predicted molar refractivity (Wildman–Crippen MR) is 75.5 cm³/mol. The maximum absolute atomic E-state index is 12.0. The van der Waals surface area contributed by atoms with Gasteiger partial charge >= 0.3 is 0 Å². The molecule has 19 heavy (non-hydrogen) atoms.